The first-order valence-electron chi connectivity index (χ1n) is 6.57. The van der Waals surface area contributed by atoms with E-state index in [1.54, 1.807) is 4.68 Å². The zero-order chi connectivity index (χ0) is 15.6. The fraction of sp³-hybridized carbons (Fsp3) is 0.429. The van der Waals surface area contributed by atoms with Gasteiger partial charge in [0.25, 0.3) is 0 Å². The van der Waals surface area contributed by atoms with Gasteiger partial charge in [-0.2, -0.15) is 18.3 Å². The SMILES string of the molecule is CC(C)c1nn(C)cc1CNc1ccc(C(F)(F)F)nc1. The highest BCUT2D eigenvalue weighted by Gasteiger charge is 2.31. The fourth-order valence-corrected chi connectivity index (χ4v) is 2.04. The van der Waals surface area contributed by atoms with Crippen molar-refractivity contribution in [2.75, 3.05) is 5.32 Å². The Kier molecular flexibility index (Phi) is 4.20. The Morgan fingerprint density at radius 2 is 2.00 bits per heavy atom. The van der Waals surface area contributed by atoms with Crippen LogP contribution in [0.2, 0.25) is 0 Å². The molecule has 0 aromatic carbocycles. The number of rotatable bonds is 4. The Morgan fingerprint density at radius 1 is 1.29 bits per heavy atom. The number of nitrogens with one attached hydrogen (secondary N) is 1. The van der Waals surface area contributed by atoms with Crippen molar-refractivity contribution in [3.05, 3.63) is 41.5 Å². The lowest BCUT2D eigenvalue weighted by molar-refractivity contribution is -0.141. The van der Waals surface area contributed by atoms with E-state index in [0.717, 1.165) is 17.3 Å². The number of halogens is 3. The van der Waals surface area contributed by atoms with Gasteiger partial charge in [0.05, 0.1) is 17.6 Å². The number of aryl methyl sites for hydroxylation is 1. The zero-order valence-electron chi connectivity index (χ0n) is 12.1. The normalized spacial score (nSPS) is 12.0. The van der Waals surface area contributed by atoms with Crippen molar-refractivity contribution in [3.8, 4) is 0 Å². The number of hydrogen-bond acceptors (Lipinski definition) is 3. The molecule has 0 saturated heterocycles. The molecule has 1 N–H and O–H groups in total. The van der Waals surface area contributed by atoms with Crippen LogP contribution in [-0.2, 0) is 19.8 Å². The molecule has 0 radical (unpaired) electrons. The van der Waals surface area contributed by atoms with Gasteiger partial charge in [-0.05, 0) is 18.1 Å². The molecule has 2 aromatic rings. The van der Waals surface area contributed by atoms with Crippen LogP contribution in [0.25, 0.3) is 0 Å². The van der Waals surface area contributed by atoms with Crippen molar-refractivity contribution >= 4 is 5.69 Å². The molecule has 0 aliphatic rings. The van der Waals surface area contributed by atoms with Crippen LogP contribution >= 0.6 is 0 Å². The maximum Gasteiger partial charge on any atom is 0.433 e. The first-order valence-corrected chi connectivity index (χ1v) is 6.57. The van der Waals surface area contributed by atoms with Gasteiger partial charge in [-0.25, -0.2) is 4.98 Å². The van der Waals surface area contributed by atoms with E-state index in [1.165, 1.54) is 12.3 Å². The molecular formula is C14H17F3N4. The van der Waals surface area contributed by atoms with E-state index in [9.17, 15) is 13.2 Å². The zero-order valence-corrected chi connectivity index (χ0v) is 12.1. The molecule has 0 amide bonds. The number of nitrogens with zero attached hydrogens (tertiary/aromatic N) is 3. The monoisotopic (exact) mass is 298 g/mol. The summed E-state index contributed by atoms with van der Waals surface area (Å²) in [5, 5.41) is 7.45. The van der Waals surface area contributed by atoms with Gasteiger partial charge in [-0.3, -0.25) is 4.68 Å². The lowest BCUT2D eigenvalue weighted by Gasteiger charge is -2.09. The Morgan fingerprint density at radius 3 is 2.52 bits per heavy atom. The molecule has 0 spiro atoms. The van der Waals surface area contributed by atoms with E-state index in [0.29, 0.717) is 12.2 Å². The molecule has 0 fully saturated rings. The van der Waals surface area contributed by atoms with Gasteiger partial charge in [0.2, 0.25) is 0 Å². The van der Waals surface area contributed by atoms with Gasteiger partial charge in [0.1, 0.15) is 5.69 Å². The lowest BCUT2D eigenvalue weighted by atomic mass is 10.1. The molecule has 0 atom stereocenters. The van der Waals surface area contributed by atoms with Crippen LogP contribution in [0.3, 0.4) is 0 Å². The Hall–Kier alpha value is -2.05. The largest absolute Gasteiger partial charge is 0.433 e. The van der Waals surface area contributed by atoms with Gasteiger partial charge in [0.15, 0.2) is 0 Å². The summed E-state index contributed by atoms with van der Waals surface area (Å²) in [5.41, 5.74) is 1.65. The van der Waals surface area contributed by atoms with E-state index in [2.05, 4.69) is 15.4 Å². The number of pyridine rings is 1. The van der Waals surface area contributed by atoms with Gasteiger partial charge in [-0.1, -0.05) is 13.8 Å². The molecule has 0 unspecified atom stereocenters. The Balaban J connectivity index is 2.07. The maximum atomic E-state index is 12.4. The minimum Gasteiger partial charge on any atom is -0.380 e. The molecule has 21 heavy (non-hydrogen) atoms. The second-order valence-electron chi connectivity index (χ2n) is 5.15. The minimum atomic E-state index is -4.41. The van der Waals surface area contributed by atoms with Crippen molar-refractivity contribution in [1.82, 2.24) is 14.8 Å². The molecule has 0 aliphatic heterocycles. The molecule has 7 heteroatoms. The molecule has 0 saturated carbocycles. The average molecular weight is 298 g/mol. The summed E-state index contributed by atoms with van der Waals surface area (Å²) >= 11 is 0. The lowest BCUT2D eigenvalue weighted by Crippen LogP contribution is -2.08. The van der Waals surface area contributed by atoms with Crippen LogP contribution in [-0.4, -0.2) is 14.8 Å². The highest BCUT2D eigenvalue weighted by molar-refractivity contribution is 5.42. The predicted molar refractivity (Wildman–Crippen MR) is 73.9 cm³/mol. The Labute approximate surface area is 121 Å². The van der Waals surface area contributed by atoms with Crippen LogP contribution in [0.1, 0.15) is 36.7 Å². The van der Waals surface area contributed by atoms with Gasteiger partial charge in [0, 0.05) is 25.4 Å². The number of hydrogen-bond donors (Lipinski definition) is 1. The van der Waals surface area contributed by atoms with Crippen molar-refractivity contribution in [2.24, 2.45) is 7.05 Å². The van der Waals surface area contributed by atoms with Crippen molar-refractivity contribution in [3.63, 3.8) is 0 Å². The minimum absolute atomic E-state index is 0.286. The standard InChI is InChI=1S/C14H17F3N4/c1-9(2)13-10(8-21(3)20-13)6-18-11-4-5-12(19-7-11)14(15,16)17/h4-5,7-9,18H,6H2,1-3H3. The highest BCUT2D eigenvalue weighted by Crippen LogP contribution is 2.28. The van der Waals surface area contributed by atoms with Crippen LogP contribution in [0, 0.1) is 0 Å². The number of aromatic nitrogens is 3. The summed E-state index contributed by atoms with van der Waals surface area (Å²) < 4.78 is 39.0. The van der Waals surface area contributed by atoms with E-state index < -0.39 is 11.9 Å². The van der Waals surface area contributed by atoms with Crippen molar-refractivity contribution in [1.29, 1.82) is 0 Å². The molecule has 2 heterocycles. The van der Waals surface area contributed by atoms with Crippen LogP contribution in [0.5, 0.6) is 0 Å². The maximum absolute atomic E-state index is 12.4. The smallest absolute Gasteiger partial charge is 0.380 e. The molecule has 2 rings (SSSR count). The number of alkyl halides is 3. The average Bonchev–Trinajstić information content (AvgIpc) is 2.77. The summed E-state index contributed by atoms with van der Waals surface area (Å²) in [6.07, 6.45) is -1.32. The van der Waals surface area contributed by atoms with Crippen molar-refractivity contribution < 1.29 is 13.2 Å². The van der Waals surface area contributed by atoms with E-state index in [-0.39, 0.29) is 5.92 Å². The van der Waals surface area contributed by atoms with Crippen LogP contribution in [0.15, 0.2) is 24.5 Å². The molecular weight excluding hydrogens is 281 g/mol. The van der Waals surface area contributed by atoms with Crippen LogP contribution < -0.4 is 5.32 Å². The summed E-state index contributed by atoms with van der Waals surface area (Å²) in [7, 11) is 1.84. The third-order valence-corrected chi connectivity index (χ3v) is 3.02. The van der Waals surface area contributed by atoms with Gasteiger partial charge in [-0.15, -0.1) is 0 Å². The molecule has 114 valence electrons. The summed E-state index contributed by atoms with van der Waals surface area (Å²) in [6.45, 7) is 4.59. The second-order valence-corrected chi connectivity index (χ2v) is 5.15. The Bertz CT molecular complexity index is 600. The fourth-order valence-electron chi connectivity index (χ4n) is 2.04. The van der Waals surface area contributed by atoms with E-state index in [4.69, 9.17) is 0 Å². The third kappa shape index (κ3) is 3.74. The number of anilines is 1. The quantitative estimate of drug-likeness (QED) is 0.938. The third-order valence-electron chi connectivity index (χ3n) is 3.02. The van der Waals surface area contributed by atoms with Gasteiger partial charge >= 0.3 is 6.18 Å². The topological polar surface area (TPSA) is 42.7 Å². The van der Waals surface area contributed by atoms with E-state index >= 15 is 0 Å². The highest BCUT2D eigenvalue weighted by atomic mass is 19.4. The second kappa shape index (κ2) is 5.75. The van der Waals surface area contributed by atoms with Crippen molar-refractivity contribution in [2.45, 2.75) is 32.5 Å². The molecule has 0 bridgehead atoms. The summed E-state index contributed by atoms with van der Waals surface area (Å²) in [4.78, 5) is 3.42. The first-order chi connectivity index (χ1) is 9.77. The predicted octanol–water partition coefficient (Wildman–Crippen LogP) is 3.57. The molecule has 2 aromatic heterocycles. The first kappa shape index (κ1) is 15.3. The molecule has 0 aliphatic carbocycles. The van der Waals surface area contributed by atoms with E-state index in [1.807, 2.05) is 27.1 Å². The summed E-state index contributed by atoms with van der Waals surface area (Å²) in [6, 6.07) is 2.34. The van der Waals surface area contributed by atoms with Gasteiger partial charge < -0.3 is 5.32 Å². The van der Waals surface area contributed by atoms with Crippen LogP contribution in [0.4, 0.5) is 18.9 Å². The molecule has 4 nitrogen and oxygen atoms in total. The summed E-state index contributed by atoms with van der Waals surface area (Å²) in [5.74, 6) is 0.286.